The van der Waals surface area contributed by atoms with Crippen molar-refractivity contribution in [3.63, 3.8) is 0 Å². The molecule has 1 amide bonds. The Morgan fingerprint density at radius 1 is 1.43 bits per heavy atom. The first-order valence-electron chi connectivity index (χ1n) is 6.17. The summed E-state index contributed by atoms with van der Waals surface area (Å²) in [6.07, 6.45) is 0. The molecular weight excluding hydrogens is 344 g/mol. The lowest BCUT2D eigenvalue weighted by atomic mass is 10.1. The first-order chi connectivity index (χ1) is 9.72. The molecule has 1 N–H and O–H groups in total. The molecule has 0 aliphatic rings. The van der Waals surface area contributed by atoms with Crippen LogP contribution in [0.15, 0.2) is 22.7 Å². The zero-order chi connectivity index (χ0) is 16.2. The zero-order valence-corrected chi connectivity index (χ0v) is 13.2. The Morgan fingerprint density at radius 3 is 2.52 bits per heavy atom. The van der Waals surface area contributed by atoms with E-state index >= 15 is 0 Å². The lowest BCUT2D eigenvalue weighted by Crippen LogP contribution is -2.38. The molecule has 0 aliphatic heterocycles. The maximum absolute atomic E-state index is 12.3. The summed E-state index contributed by atoms with van der Waals surface area (Å²) in [6, 6.07) is 3.97. The highest BCUT2D eigenvalue weighted by Gasteiger charge is 2.22. The molecule has 1 aromatic rings. The van der Waals surface area contributed by atoms with Crippen LogP contribution in [0.5, 0.6) is 0 Å². The highest BCUT2D eigenvalue weighted by atomic mass is 79.9. The van der Waals surface area contributed by atoms with Crippen LogP contribution in [0.25, 0.3) is 0 Å². The van der Waals surface area contributed by atoms with Crippen molar-refractivity contribution in [3.8, 4) is 0 Å². The molecule has 0 radical (unpaired) electrons. The Labute approximate surface area is 129 Å². The standard InChI is InChI=1S/C13H15BrN2O5/c1-8(2)6-15(7-12(17)18)13(19)9-3-4-10(14)11(5-9)16(20)21/h3-5,8H,6-7H2,1-2H3,(H,17,18). The van der Waals surface area contributed by atoms with E-state index in [9.17, 15) is 19.7 Å². The van der Waals surface area contributed by atoms with E-state index in [2.05, 4.69) is 15.9 Å². The maximum atomic E-state index is 12.3. The number of carboxylic acid groups (broad SMARTS) is 1. The fraction of sp³-hybridized carbons (Fsp3) is 0.385. The number of carbonyl (C=O) groups is 2. The van der Waals surface area contributed by atoms with Gasteiger partial charge in [-0.25, -0.2) is 0 Å². The minimum absolute atomic E-state index is 0.0822. The minimum Gasteiger partial charge on any atom is -0.480 e. The number of hydrogen-bond donors (Lipinski definition) is 1. The quantitative estimate of drug-likeness (QED) is 0.621. The van der Waals surface area contributed by atoms with Crippen molar-refractivity contribution in [2.24, 2.45) is 5.92 Å². The predicted molar refractivity (Wildman–Crippen MR) is 79.2 cm³/mol. The van der Waals surface area contributed by atoms with Crippen molar-refractivity contribution in [1.82, 2.24) is 4.90 Å². The van der Waals surface area contributed by atoms with E-state index in [1.54, 1.807) is 0 Å². The van der Waals surface area contributed by atoms with E-state index in [0.29, 0.717) is 0 Å². The number of carboxylic acids is 1. The maximum Gasteiger partial charge on any atom is 0.323 e. The third kappa shape index (κ3) is 4.82. The molecule has 0 heterocycles. The van der Waals surface area contributed by atoms with Gasteiger partial charge in [-0.15, -0.1) is 0 Å². The highest BCUT2D eigenvalue weighted by Crippen LogP contribution is 2.26. The summed E-state index contributed by atoms with van der Waals surface area (Å²) in [4.78, 5) is 34.6. The number of nitrogens with zero attached hydrogens (tertiary/aromatic N) is 2. The van der Waals surface area contributed by atoms with Crippen LogP contribution >= 0.6 is 15.9 Å². The second kappa shape index (κ2) is 7.16. The van der Waals surface area contributed by atoms with E-state index in [1.165, 1.54) is 17.0 Å². The van der Waals surface area contributed by atoms with Crippen LogP contribution in [0, 0.1) is 16.0 Å². The van der Waals surface area contributed by atoms with Gasteiger partial charge in [0.2, 0.25) is 0 Å². The first-order valence-corrected chi connectivity index (χ1v) is 6.96. The minimum atomic E-state index is -1.13. The Hall–Kier alpha value is -1.96. The van der Waals surface area contributed by atoms with Gasteiger partial charge < -0.3 is 10.0 Å². The summed E-state index contributed by atoms with van der Waals surface area (Å²) in [6.45, 7) is 3.52. The molecule has 21 heavy (non-hydrogen) atoms. The third-order valence-corrected chi connectivity index (χ3v) is 3.26. The Balaban J connectivity index is 3.11. The molecule has 0 saturated heterocycles. The molecule has 0 aromatic heterocycles. The second-order valence-corrected chi connectivity index (χ2v) is 5.75. The van der Waals surface area contributed by atoms with Gasteiger partial charge >= 0.3 is 5.97 Å². The number of rotatable bonds is 6. The van der Waals surface area contributed by atoms with Crippen molar-refractivity contribution in [2.45, 2.75) is 13.8 Å². The molecule has 1 rings (SSSR count). The van der Waals surface area contributed by atoms with Crippen LogP contribution < -0.4 is 0 Å². The summed E-state index contributed by atoms with van der Waals surface area (Å²) < 4.78 is 0.262. The van der Waals surface area contributed by atoms with Crippen molar-refractivity contribution >= 4 is 33.5 Å². The lowest BCUT2D eigenvalue weighted by Gasteiger charge is -2.22. The summed E-state index contributed by atoms with van der Waals surface area (Å²) in [5.74, 6) is -1.59. The van der Waals surface area contributed by atoms with Crippen LogP contribution in [0.4, 0.5) is 5.69 Å². The van der Waals surface area contributed by atoms with Crippen LogP contribution in [-0.2, 0) is 4.79 Å². The fourth-order valence-corrected chi connectivity index (χ4v) is 2.18. The number of carbonyl (C=O) groups excluding carboxylic acids is 1. The van der Waals surface area contributed by atoms with Gasteiger partial charge in [0.05, 0.1) is 9.40 Å². The molecule has 0 atom stereocenters. The van der Waals surface area contributed by atoms with Crippen LogP contribution in [0.2, 0.25) is 0 Å². The van der Waals surface area contributed by atoms with Gasteiger partial charge in [-0.2, -0.15) is 0 Å². The van der Waals surface area contributed by atoms with Crippen molar-refractivity contribution in [2.75, 3.05) is 13.1 Å². The third-order valence-electron chi connectivity index (χ3n) is 2.59. The van der Waals surface area contributed by atoms with Crippen molar-refractivity contribution in [3.05, 3.63) is 38.3 Å². The number of nitro groups is 1. The number of nitro benzene ring substituents is 1. The van der Waals surface area contributed by atoms with E-state index in [1.807, 2.05) is 13.8 Å². The normalized spacial score (nSPS) is 10.5. The van der Waals surface area contributed by atoms with E-state index in [4.69, 9.17) is 5.11 Å². The number of halogens is 1. The second-order valence-electron chi connectivity index (χ2n) is 4.90. The van der Waals surface area contributed by atoms with Crippen molar-refractivity contribution < 1.29 is 19.6 Å². The molecule has 8 heteroatoms. The molecule has 0 spiro atoms. The van der Waals surface area contributed by atoms with Crippen molar-refractivity contribution in [1.29, 1.82) is 0 Å². The van der Waals surface area contributed by atoms with Gasteiger partial charge in [0.1, 0.15) is 6.54 Å². The monoisotopic (exact) mass is 358 g/mol. The highest BCUT2D eigenvalue weighted by molar-refractivity contribution is 9.10. The predicted octanol–water partition coefficient (Wildman–Crippen LogP) is 2.54. The van der Waals surface area contributed by atoms with E-state index < -0.39 is 23.3 Å². The van der Waals surface area contributed by atoms with Gasteiger partial charge in [0.25, 0.3) is 11.6 Å². The molecule has 1 aromatic carbocycles. The first kappa shape index (κ1) is 17.1. The number of aliphatic carboxylic acids is 1. The number of benzene rings is 1. The van der Waals surface area contributed by atoms with E-state index in [-0.39, 0.29) is 28.2 Å². The van der Waals surface area contributed by atoms with Crippen LogP contribution in [0.3, 0.4) is 0 Å². The van der Waals surface area contributed by atoms with Gasteiger partial charge in [0.15, 0.2) is 0 Å². The fourth-order valence-electron chi connectivity index (χ4n) is 1.79. The van der Waals surface area contributed by atoms with Gasteiger partial charge in [-0.3, -0.25) is 19.7 Å². The SMILES string of the molecule is CC(C)CN(CC(=O)O)C(=O)c1ccc(Br)c([N+](=O)[O-])c1. The lowest BCUT2D eigenvalue weighted by molar-refractivity contribution is -0.385. The topological polar surface area (TPSA) is 101 Å². The molecular formula is C13H15BrN2O5. The zero-order valence-electron chi connectivity index (χ0n) is 11.6. The van der Waals surface area contributed by atoms with Gasteiger partial charge in [0, 0.05) is 18.2 Å². The van der Waals surface area contributed by atoms with Crippen LogP contribution in [0.1, 0.15) is 24.2 Å². The Bertz CT molecular complexity index is 574. The summed E-state index contributed by atoms with van der Waals surface area (Å²) in [5.41, 5.74) is -0.146. The van der Waals surface area contributed by atoms with Crippen LogP contribution in [-0.4, -0.2) is 39.9 Å². The van der Waals surface area contributed by atoms with Gasteiger partial charge in [-0.1, -0.05) is 13.8 Å². The smallest absolute Gasteiger partial charge is 0.323 e. The summed E-state index contributed by atoms with van der Waals surface area (Å²) in [7, 11) is 0. The molecule has 0 saturated carbocycles. The molecule has 0 fully saturated rings. The molecule has 0 aliphatic carbocycles. The number of hydrogen-bond acceptors (Lipinski definition) is 4. The number of amides is 1. The molecule has 0 bridgehead atoms. The Kier molecular flexibility index (Phi) is 5.83. The average molecular weight is 359 g/mol. The van der Waals surface area contributed by atoms with E-state index in [0.717, 1.165) is 6.07 Å². The Morgan fingerprint density at radius 2 is 2.05 bits per heavy atom. The molecule has 7 nitrogen and oxygen atoms in total. The molecule has 114 valence electrons. The largest absolute Gasteiger partial charge is 0.480 e. The summed E-state index contributed by atoms with van der Waals surface area (Å²) >= 11 is 3.04. The summed E-state index contributed by atoms with van der Waals surface area (Å²) in [5, 5.41) is 19.7. The average Bonchev–Trinajstić information content (AvgIpc) is 2.36. The van der Waals surface area contributed by atoms with Gasteiger partial charge in [-0.05, 0) is 34.0 Å². The molecule has 0 unspecified atom stereocenters.